The van der Waals surface area contributed by atoms with Crippen LogP contribution in [0.1, 0.15) is 52.9 Å². The highest BCUT2D eigenvalue weighted by Crippen LogP contribution is 2.35. The Morgan fingerprint density at radius 1 is 1.27 bits per heavy atom. The maximum atomic E-state index is 10.2. The average Bonchev–Trinajstić information content (AvgIpc) is 2.25. The van der Waals surface area contributed by atoms with Crippen molar-refractivity contribution in [2.24, 2.45) is 11.8 Å². The molecule has 90 valence electrons. The van der Waals surface area contributed by atoms with E-state index < -0.39 is 0 Å². The van der Waals surface area contributed by atoms with Crippen LogP contribution in [0.3, 0.4) is 0 Å². The highest BCUT2D eigenvalue weighted by Gasteiger charge is 2.29. The van der Waals surface area contributed by atoms with E-state index in [0.717, 1.165) is 11.7 Å². The van der Waals surface area contributed by atoms with Crippen LogP contribution in [-0.2, 0) is 0 Å². The van der Waals surface area contributed by atoms with Crippen molar-refractivity contribution in [3.05, 3.63) is 0 Å². The molecule has 1 saturated carbocycles. The van der Waals surface area contributed by atoms with Gasteiger partial charge in [-0.05, 0) is 23.5 Å². The second kappa shape index (κ2) is 6.80. The van der Waals surface area contributed by atoms with Crippen LogP contribution >= 0.6 is 11.8 Å². The molecule has 1 rings (SSSR count). The first-order valence-corrected chi connectivity index (χ1v) is 7.49. The van der Waals surface area contributed by atoms with Gasteiger partial charge in [0.05, 0.1) is 6.10 Å². The molecule has 2 heteroatoms. The Morgan fingerprint density at radius 2 is 1.93 bits per heavy atom. The van der Waals surface area contributed by atoms with Crippen LogP contribution in [-0.4, -0.2) is 22.2 Å². The first kappa shape index (κ1) is 13.4. The summed E-state index contributed by atoms with van der Waals surface area (Å²) in [5, 5.41) is 10.8. The summed E-state index contributed by atoms with van der Waals surface area (Å²) in [5.41, 5.74) is 0. The van der Waals surface area contributed by atoms with Gasteiger partial charge in [-0.2, -0.15) is 11.8 Å². The topological polar surface area (TPSA) is 20.2 Å². The Balaban J connectivity index is 2.37. The quantitative estimate of drug-likeness (QED) is 0.777. The molecule has 0 radical (unpaired) electrons. The minimum absolute atomic E-state index is 0.0670. The van der Waals surface area contributed by atoms with E-state index >= 15 is 0 Å². The van der Waals surface area contributed by atoms with Crippen LogP contribution < -0.4 is 0 Å². The predicted molar refractivity (Wildman–Crippen MR) is 69.3 cm³/mol. The number of thioether (sulfide) groups is 1. The first-order chi connectivity index (χ1) is 7.15. The standard InChI is InChI=1S/C13H26OS/c1-4-11-7-5-6-8-12(11)13(14)9-15-10(2)3/h10-14H,4-9H2,1-3H3. The fourth-order valence-corrected chi connectivity index (χ4v) is 3.49. The molecule has 0 aromatic carbocycles. The molecule has 0 aliphatic heterocycles. The van der Waals surface area contributed by atoms with Gasteiger partial charge in [-0.1, -0.05) is 46.5 Å². The average molecular weight is 230 g/mol. The Hall–Kier alpha value is 0.310. The molecule has 0 saturated heterocycles. The van der Waals surface area contributed by atoms with E-state index in [-0.39, 0.29) is 6.10 Å². The molecule has 0 bridgehead atoms. The van der Waals surface area contributed by atoms with Crippen LogP contribution in [0.15, 0.2) is 0 Å². The van der Waals surface area contributed by atoms with Gasteiger partial charge in [0.25, 0.3) is 0 Å². The van der Waals surface area contributed by atoms with Crippen LogP contribution in [0, 0.1) is 11.8 Å². The van der Waals surface area contributed by atoms with E-state index in [1.54, 1.807) is 0 Å². The summed E-state index contributed by atoms with van der Waals surface area (Å²) in [6.45, 7) is 6.68. The van der Waals surface area contributed by atoms with E-state index in [2.05, 4.69) is 20.8 Å². The van der Waals surface area contributed by atoms with Gasteiger partial charge in [0, 0.05) is 5.75 Å². The minimum Gasteiger partial charge on any atom is -0.392 e. The third kappa shape index (κ3) is 4.36. The van der Waals surface area contributed by atoms with E-state index in [0.29, 0.717) is 11.2 Å². The van der Waals surface area contributed by atoms with Crippen LogP contribution in [0.4, 0.5) is 0 Å². The van der Waals surface area contributed by atoms with Crippen molar-refractivity contribution in [2.45, 2.75) is 64.2 Å². The molecule has 3 unspecified atom stereocenters. The first-order valence-electron chi connectivity index (χ1n) is 6.44. The van der Waals surface area contributed by atoms with Crippen molar-refractivity contribution < 1.29 is 5.11 Å². The molecule has 15 heavy (non-hydrogen) atoms. The number of hydrogen-bond donors (Lipinski definition) is 1. The Labute approximate surface area is 99.0 Å². The minimum atomic E-state index is -0.0670. The number of aliphatic hydroxyl groups is 1. The van der Waals surface area contributed by atoms with E-state index in [1.165, 1.54) is 32.1 Å². The summed E-state index contributed by atoms with van der Waals surface area (Å²) in [6.07, 6.45) is 6.46. The largest absolute Gasteiger partial charge is 0.392 e. The van der Waals surface area contributed by atoms with Gasteiger partial charge in [-0.3, -0.25) is 0 Å². The predicted octanol–water partition coefficient (Wildman–Crippen LogP) is 3.71. The van der Waals surface area contributed by atoms with Gasteiger partial charge in [0.1, 0.15) is 0 Å². The number of rotatable bonds is 5. The molecule has 0 amide bonds. The third-order valence-corrected chi connectivity index (χ3v) is 4.79. The van der Waals surface area contributed by atoms with Gasteiger partial charge < -0.3 is 5.11 Å². The monoisotopic (exact) mass is 230 g/mol. The lowest BCUT2D eigenvalue weighted by molar-refractivity contribution is 0.0628. The number of hydrogen-bond acceptors (Lipinski definition) is 2. The van der Waals surface area contributed by atoms with Gasteiger partial charge in [-0.25, -0.2) is 0 Å². The molecule has 1 fully saturated rings. The van der Waals surface area contributed by atoms with Crippen LogP contribution in [0.25, 0.3) is 0 Å². The van der Waals surface area contributed by atoms with Crippen molar-refractivity contribution in [3.63, 3.8) is 0 Å². The molecule has 1 aliphatic carbocycles. The second-order valence-electron chi connectivity index (χ2n) is 5.07. The third-order valence-electron chi connectivity index (χ3n) is 3.59. The smallest absolute Gasteiger partial charge is 0.0661 e. The van der Waals surface area contributed by atoms with Crippen molar-refractivity contribution >= 4 is 11.8 Å². The molecular formula is C13H26OS. The van der Waals surface area contributed by atoms with Crippen molar-refractivity contribution in [3.8, 4) is 0 Å². The highest BCUT2D eigenvalue weighted by molar-refractivity contribution is 7.99. The van der Waals surface area contributed by atoms with E-state index in [9.17, 15) is 5.11 Å². The van der Waals surface area contributed by atoms with Gasteiger partial charge in [0.2, 0.25) is 0 Å². The van der Waals surface area contributed by atoms with Gasteiger partial charge >= 0.3 is 0 Å². The molecule has 0 aromatic rings. The molecule has 0 aromatic heterocycles. The normalized spacial score (nSPS) is 29.4. The lowest BCUT2D eigenvalue weighted by Crippen LogP contribution is -2.32. The lowest BCUT2D eigenvalue weighted by atomic mass is 9.75. The molecule has 3 atom stereocenters. The molecule has 0 heterocycles. The maximum Gasteiger partial charge on any atom is 0.0661 e. The van der Waals surface area contributed by atoms with E-state index in [4.69, 9.17) is 0 Å². The molecule has 0 spiro atoms. The summed E-state index contributed by atoms with van der Waals surface area (Å²) >= 11 is 1.90. The van der Waals surface area contributed by atoms with Crippen molar-refractivity contribution in [2.75, 3.05) is 5.75 Å². The fourth-order valence-electron chi connectivity index (χ4n) is 2.66. The lowest BCUT2D eigenvalue weighted by Gasteiger charge is -2.34. The Morgan fingerprint density at radius 3 is 2.53 bits per heavy atom. The molecular weight excluding hydrogens is 204 g/mol. The van der Waals surface area contributed by atoms with Crippen LogP contribution in [0.5, 0.6) is 0 Å². The summed E-state index contributed by atoms with van der Waals surface area (Å²) < 4.78 is 0. The number of aliphatic hydroxyl groups excluding tert-OH is 1. The zero-order valence-electron chi connectivity index (χ0n) is 10.4. The Bertz CT molecular complexity index is 170. The highest BCUT2D eigenvalue weighted by atomic mass is 32.2. The zero-order valence-corrected chi connectivity index (χ0v) is 11.2. The Kier molecular flexibility index (Phi) is 6.06. The summed E-state index contributed by atoms with van der Waals surface area (Å²) in [6, 6.07) is 0. The molecule has 1 N–H and O–H groups in total. The van der Waals surface area contributed by atoms with Crippen molar-refractivity contribution in [1.82, 2.24) is 0 Å². The van der Waals surface area contributed by atoms with Gasteiger partial charge in [-0.15, -0.1) is 0 Å². The maximum absolute atomic E-state index is 10.2. The second-order valence-corrected chi connectivity index (χ2v) is 6.68. The molecule has 1 aliphatic rings. The summed E-state index contributed by atoms with van der Waals surface area (Å²) in [5.74, 6) is 2.29. The fraction of sp³-hybridized carbons (Fsp3) is 1.00. The SMILES string of the molecule is CCC1CCCCC1C(O)CSC(C)C. The molecule has 1 nitrogen and oxygen atoms in total. The zero-order chi connectivity index (χ0) is 11.3. The summed E-state index contributed by atoms with van der Waals surface area (Å²) in [4.78, 5) is 0. The van der Waals surface area contributed by atoms with Crippen LogP contribution in [0.2, 0.25) is 0 Å². The van der Waals surface area contributed by atoms with Gasteiger partial charge in [0.15, 0.2) is 0 Å². The van der Waals surface area contributed by atoms with Crippen molar-refractivity contribution in [1.29, 1.82) is 0 Å². The van der Waals surface area contributed by atoms with E-state index in [1.807, 2.05) is 11.8 Å². The summed E-state index contributed by atoms with van der Waals surface area (Å²) in [7, 11) is 0.